The number of methoxy groups -OCH3 is 1. The number of fused-ring (bicyclic) bond motifs is 2. The lowest BCUT2D eigenvalue weighted by atomic mass is 9.88. The van der Waals surface area contributed by atoms with Gasteiger partial charge in [-0.05, 0) is 55.3 Å². The first kappa shape index (κ1) is 28.9. The molecule has 0 N–H and O–H groups in total. The highest BCUT2D eigenvalue weighted by Crippen LogP contribution is 2.35. The fraction of sp³-hybridized carbons (Fsp3) is 0.257. The molecule has 2 aromatic carbocycles. The van der Waals surface area contributed by atoms with E-state index in [1.54, 1.807) is 31.9 Å². The number of halogens is 1. The van der Waals surface area contributed by atoms with Crippen LogP contribution in [0.25, 0.3) is 22.9 Å². The molecule has 0 amide bonds. The fourth-order valence-corrected chi connectivity index (χ4v) is 6.10. The van der Waals surface area contributed by atoms with Crippen LogP contribution in [0.15, 0.2) is 94.5 Å². The van der Waals surface area contributed by atoms with Gasteiger partial charge in [-0.2, -0.15) is 0 Å². The molecule has 0 spiro atoms. The van der Waals surface area contributed by atoms with Gasteiger partial charge in [0.1, 0.15) is 17.3 Å². The van der Waals surface area contributed by atoms with Crippen molar-refractivity contribution in [1.29, 1.82) is 0 Å². The largest absolute Gasteiger partial charge is 0.497 e. The summed E-state index contributed by atoms with van der Waals surface area (Å²) in [5.41, 5.74) is 6.01. The van der Waals surface area contributed by atoms with E-state index in [-0.39, 0.29) is 0 Å². The Bertz CT molecular complexity index is 1880. The molecule has 4 heterocycles. The van der Waals surface area contributed by atoms with Gasteiger partial charge in [0.15, 0.2) is 0 Å². The van der Waals surface area contributed by atoms with Crippen LogP contribution in [0.1, 0.15) is 59.0 Å². The van der Waals surface area contributed by atoms with E-state index < -0.39 is 0 Å². The molecule has 0 saturated carbocycles. The van der Waals surface area contributed by atoms with Crippen molar-refractivity contribution in [3.63, 3.8) is 0 Å². The SMILES string of the molecule is COc1ccc(-c2nc3c(o2)CCC(c2cnccn2)C3)cc1.Clc1cccc(-c2nc3c(o2)CCC(c2cnccn2)C3)c1. The van der Waals surface area contributed by atoms with Crippen molar-refractivity contribution in [3.05, 3.63) is 125 Å². The zero-order chi connectivity index (χ0) is 30.6. The van der Waals surface area contributed by atoms with Gasteiger partial charge in [0, 0.05) is 90.8 Å². The van der Waals surface area contributed by atoms with E-state index in [0.29, 0.717) is 28.6 Å². The van der Waals surface area contributed by atoms with E-state index >= 15 is 0 Å². The number of hydrogen-bond donors (Lipinski definition) is 0. The van der Waals surface area contributed by atoms with Crippen molar-refractivity contribution in [2.24, 2.45) is 0 Å². The molecule has 4 aromatic heterocycles. The maximum atomic E-state index is 6.04. The maximum Gasteiger partial charge on any atom is 0.226 e. The summed E-state index contributed by atoms with van der Waals surface area (Å²) < 4.78 is 17.1. The summed E-state index contributed by atoms with van der Waals surface area (Å²) in [6.07, 6.45) is 16.1. The molecule has 0 bridgehead atoms. The number of aromatic nitrogens is 6. The van der Waals surface area contributed by atoms with Gasteiger partial charge in [0.25, 0.3) is 0 Å². The monoisotopic (exact) mass is 618 g/mol. The molecule has 2 atom stereocenters. The van der Waals surface area contributed by atoms with E-state index in [1.165, 1.54) is 0 Å². The second kappa shape index (κ2) is 13.0. The Morgan fingerprint density at radius 2 is 1.29 bits per heavy atom. The van der Waals surface area contributed by atoms with Gasteiger partial charge in [0.05, 0.1) is 29.9 Å². The van der Waals surface area contributed by atoms with Crippen molar-refractivity contribution in [2.75, 3.05) is 7.11 Å². The summed E-state index contributed by atoms with van der Waals surface area (Å²) in [5, 5.41) is 0.686. The Morgan fingerprint density at radius 3 is 1.80 bits per heavy atom. The lowest BCUT2D eigenvalue weighted by Crippen LogP contribution is -2.13. The van der Waals surface area contributed by atoms with Crippen molar-refractivity contribution in [3.8, 4) is 28.7 Å². The Kier molecular flexibility index (Phi) is 8.33. The molecule has 2 unspecified atom stereocenters. The third-order valence-electron chi connectivity index (χ3n) is 8.29. The second-order valence-corrected chi connectivity index (χ2v) is 11.6. The van der Waals surface area contributed by atoms with Gasteiger partial charge in [-0.25, -0.2) is 9.97 Å². The third-order valence-corrected chi connectivity index (χ3v) is 8.52. The number of oxazole rings is 2. The predicted octanol–water partition coefficient (Wildman–Crippen LogP) is 7.47. The molecule has 9 nitrogen and oxygen atoms in total. The third kappa shape index (κ3) is 6.49. The van der Waals surface area contributed by atoms with Crippen molar-refractivity contribution in [1.82, 2.24) is 29.9 Å². The van der Waals surface area contributed by atoms with E-state index in [0.717, 1.165) is 89.7 Å². The molecule has 2 aliphatic rings. The standard InChI is InChI=1S/C18H17N3O2.C17H14ClN3O/c1-22-14-5-2-12(3-6-14)18-21-15-10-13(4-7-17(15)23-18)16-11-19-8-9-20-16;18-13-3-1-2-12(8-13)17-21-14-9-11(4-5-16(14)22-17)15-10-19-6-7-20-15/h2-3,5-6,8-9,11,13H,4,7,10H2,1H3;1-3,6-8,10-11H,4-5,9H2. The minimum absolute atomic E-state index is 0.360. The van der Waals surface area contributed by atoms with Crippen LogP contribution in [0.5, 0.6) is 5.75 Å². The van der Waals surface area contributed by atoms with E-state index in [4.69, 9.17) is 30.2 Å². The van der Waals surface area contributed by atoms with Gasteiger partial charge in [-0.1, -0.05) is 17.7 Å². The van der Waals surface area contributed by atoms with Crippen LogP contribution < -0.4 is 4.74 Å². The quantitative estimate of drug-likeness (QED) is 0.194. The van der Waals surface area contributed by atoms with Crippen LogP contribution in [0.2, 0.25) is 5.02 Å². The molecular weight excluding hydrogens is 588 g/mol. The zero-order valence-corrected chi connectivity index (χ0v) is 25.5. The zero-order valence-electron chi connectivity index (χ0n) is 24.8. The lowest BCUT2D eigenvalue weighted by Gasteiger charge is -2.18. The minimum Gasteiger partial charge on any atom is -0.497 e. The summed E-state index contributed by atoms with van der Waals surface area (Å²) in [6.45, 7) is 0. The Balaban J connectivity index is 0.000000145. The normalized spacial score (nSPS) is 17.0. The molecular formula is C35H31ClN6O3. The smallest absolute Gasteiger partial charge is 0.226 e. The molecule has 10 heteroatoms. The first-order chi connectivity index (χ1) is 22.1. The van der Waals surface area contributed by atoms with Crippen molar-refractivity contribution in [2.45, 2.75) is 50.4 Å². The summed E-state index contributed by atoms with van der Waals surface area (Å²) in [6, 6.07) is 15.4. The summed E-state index contributed by atoms with van der Waals surface area (Å²) >= 11 is 6.04. The van der Waals surface area contributed by atoms with Gasteiger partial charge < -0.3 is 13.6 Å². The van der Waals surface area contributed by atoms with Crippen LogP contribution >= 0.6 is 11.6 Å². The molecule has 45 heavy (non-hydrogen) atoms. The second-order valence-electron chi connectivity index (χ2n) is 11.2. The summed E-state index contributed by atoms with van der Waals surface area (Å²) in [7, 11) is 1.66. The topological polar surface area (TPSA) is 113 Å². The van der Waals surface area contributed by atoms with E-state index in [9.17, 15) is 0 Å². The molecule has 6 aromatic rings. The van der Waals surface area contributed by atoms with Crippen LogP contribution in [-0.4, -0.2) is 37.0 Å². The number of hydrogen-bond acceptors (Lipinski definition) is 9. The molecule has 8 rings (SSSR count). The first-order valence-electron chi connectivity index (χ1n) is 15.0. The molecule has 0 aliphatic heterocycles. The fourth-order valence-electron chi connectivity index (χ4n) is 5.91. The molecule has 2 aliphatic carbocycles. The van der Waals surface area contributed by atoms with E-state index in [1.807, 2.05) is 60.9 Å². The van der Waals surface area contributed by atoms with Gasteiger partial charge in [-0.15, -0.1) is 0 Å². The van der Waals surface area contributed by atoms with Crippen LogP contribution in [0.4, 0.5) is 0 Å². The molecule has 0 fully saturated rings. The van der Waals surface area contributed by atoms with Gasteiger partial charge >= 0.3 is 0 Å². The molecule has 0 saturated heterocycles. The number of benzene rings is 2. The highest BCUT2D eigenvalue weighted by atomic mass is 35.5. The van der Waals surface area contributed by atoms with Crippen LogP contribution in [0.3, 0.4) is 0 Å². The van der Waals surface area contributed by atoms with Crippen LogP contribution in [0, 0.1) is 0 Å². The minimum atomic E-state index is 0.360. The summed E-state index contributed by atoms with van der Waals surface area (Å²) in [5.74, 6) is 4.85. The number of nitrogens with zero attached hydrogens (tertiary/aromatic N) is 6. The van der Waals surface area contributed by atoms with Crippen molar-refractivity contribution >= 4 is 11.6 Å². The number of aryl methyl sites for hydroxylation is 2. The highest BCUT2D eigenvalue weighted by molar-refractivity contribution is 6.30. The Morgan fingerprint density at radius 1 is 0.711 bits per heavy atom. The average Bonchev–Trinajstić information content (AvgIpc) is 3.73. The Labute approximate surface area is 265 Å². The van der Waals surface area contributed by atoms with Crippen molar-refractivity contribution < 1.29 is 13.6 Å². The molecule has 0 radical (unpaired) electrons. The predicted molar refractivity (Wildman–Crippen MR) is 169 cm³/mol. The summed E-state index contributed by atoms with van der Waals surface area (Å²) in [4.78, 5) is 26.5. The van der Waals surface area contributed by atoms with Crippen LogP contribution in [-0.2, 0) is 25.7 Å². The highest BCUT2D eigenvalue weighted by Gasteiger charge is 2.27. The Hall–Kier alpha value is -4.89. The van der Waals surface area contributed by atoms with E-state index in [2.05, 4.69) is 24.9 Å². The van der Waals surface area contributed by atoms with Gasteiger partial charge in [0.2, 0.25) is 11.8 Å². The number of rotatable bonds is 5. The average molecular weight is 619 g/mol. The lowest BCUT2D eigenvalue weighted by molar-refractivity contribution is 0.414. The first-order valence-corrected chi connectivity index (χ1v) is 15.4. The number of ether oxygens (including phenoxy) is 1. The maximum absolute atomic E-state index is 6.04. The van der Waals surface area contributed by atoms with Gasteiger partial charge in [-0.3, -0.25) is 19.9 Å². The molecule has 226 valence electrons.